The number of benzene rings is 7. The van der Waals surface area contributed by atoms with Gasteiger partial charge >= 0.3 is 0 Å². The summed E-state index contributed by atoms with van der Waals surface area (Å²) in [5, 5.41) is 0. The van der Waals surface area contributed by atoms with Crippen molar-refractivity contribution in [3.8, 4) is 11.1 Å². The molecular weight excluding hydrogens is 605 g/mol. The molecule has 0 aromatic heterocycles. The molecule has 0 aliphatic heterocycles. The molecule has 242 valence electrons. The normalized spacial score (nSPS) is 12.8. The SMILES string of the molecule is Cc1ccccc1N(c1ccccc1)c1ccc2c(c1)C(C)(C)c1cc(C=Cc3ccc(N(c4ccccc4)c4ccccc4)cc3)ccc1-2. The molecule has 2 nitrogen and oxygen atoms in total. The van der Waals surface area contributed by atoms with E-state index in [1.807, 2.05) is 0 Å². The van der Waals surface area contributed by atoms with E-state index >= 15 is 0 Å². The van der Waals surface area contributed by atoms with Gasteiger partial charge in [0, 0.05) is 39.5 Å². The molecule has 0 saturated carbocycles. The molecule has 0 N–H and O–H groups in total. The lowest BCUT2D eigenvalue weighted by Gasteiger charge is -2.29. The summed E-state index contributed by atoms with van der Waals surface area (Å²) < 4.78 is 0. The van der Waals surface area contributed by atoms with E-state index in [0.717, 1.165) is 22.7 Å². The Morgan fingerprint density at radius 3 is 1.44 bits per heavy atom. The van der Waals surface area contributed by atoms with Crippen LogP contribution in [-0.4, -0.2) is 0 Å². The van der Waals surface area contributed by atoms with E-state index in [9.17, 15) is 0 Å². The third-order valence-corrected chi connectivity index (χ3v) is 9.96. The zero-order valence-corrected chi connectivity index (χ0v) is 28.8. The molecule has 0 saturated heterocycles. The zero-order chi connectivity index (χ0) is 34.1. The van der Waals surface area contributed by atoms with Crippen LogP contribution in [0.5, 0.6) is 0 Å². The molecule has 1 aliphatic carbocycles. The van der Waals surface area contributed by atoms with Gasteiger partial charge in [-0.25, -0.2) is 0 Å². The Balaban J connectivity index is 1.08. The van der Waals surface area contributed by atoms with Crippen LogP contribution in [0.15, 0.2) is 176 Å². The van der Waals surface area contributed by atoms with Crippen LogP contribution in [-0.2, 0) is 5.41 Å². The molecule has 0 radical (unpaired) electrons. The Hall–Kier alpha value is -6.12. The van der Waals surface area contributed by atoms with Crippen molar-refractivity contribution in [3.63, 3.8) is 0 Å². The average molecular weight is 645 g/mol. The van der Waals surface area contributed by atoms with Gasteiger partial charge in [-0.3, -0.25) is 0 Å². The summed E-state index contributed by atoms with van der Waals surface area (Å²) in [4.78, 5) is 4.67. The Morgan fingerprint density at radius 2 is 0.840 bits per heavy atom. The maximum atomic E-state index is 2.40. The Morgan fingerprint density at radius 1 is 0.400 bits per heavy atom. The van der Waals surface area contributed by atoms with E-state index < -0.39 is 0 Å². The van der Waals surface area contributed by atoms with Gasteiger partial charge in [0.15, 0.2) is 0 Å². The fourth-order valence-electron chi connectivity index (χ4n) is 7.33. The highest BCUT2D eigenvalue weighted by molar-refractivity contribution is 5.87. The third-order valence-electron chi connectivity index (χ3n) is 9.96. The van der Waals surface area contributed by atoms with Crippen LogP contribution in [0.3, 0.4) is 0 Å². The van der Waals surface area contributed by atoms with Crippen molar-refractivity contribution in [2.24, 2.45) is 0 Å². The van der Waals surface area contributed by atoms with E-state index in [1.54, 1.807) is 0 Å². The molecule has 2 heteroatoms. The summed E-state index contributed by atoms with van der Waals surface area (Å²) in [5.41, 5.74) is 15.8. The molecule has 0 bridgehead atoms. The monoisotopic (exact) mass is 644 g/mol. The smallest absolute Gasteiger partial charge is 0.0490 e. The van der Waals surface area contributed by atoms with E-state index in [4.69, 9.17) is 0 Å². The van der Waals surface area contributed by atoms with Gasteiger partial charge in [-0.1, -0.05) is 135 Å². The molecule has 0 fully saturated rings. The van der Waals surface area contributed by atoms with Gasteiger partial charge < -0.3 is 9.80 Å². The molecule has 50 heavy (non-hydrogen) atoms. The number of fused-ring (bicyclic) bond motifs is 3. The van der Waals surface area contributed by atoms with Gasteiger partial charge in [0.25, 0.3) is 0 Å². The number of para-hydroxylation sites is 4. The molecule has 0 atom stereocenters. The van der Waals surface area contributed by atoms with Crippen LogP contribution in [0.1, 0.15) is 41.7 Å². The second kappa shape index (κ2) is 13.1. The molecule has 0 unspecified atom stereocenters. The number of hydrogen-bond acceptors (Lipinski definition) is 2. The van der Waals surface area contributed by atoms with Crippen molar-refractivity contribution in [1.29, 1.82) is 0 Å². The van der Waals surface area contributed by atoms with Crippen molar-refractivity contribution in [2.75, 3.05) is 9.80 Å². The largest absolute Gasteiger partial charge is 0.311 e. The summed E-state index contributed by atoms with van der Waals surface area (Å²) in [6, 6.07) is 63.1. The van der Waals surface area contributed by atoms with Crippen molar-refractivity contribution in [3.05, 3.63) is 204 Å². The van der Waals surface area contributed by atoms with Crippen LogP contribution in [0.2, 0.25) is 0 Å². The number of hydrogen-bond donors (Lipinski definition) is 0. The first-order valence-corrected chi connectivity index (χ1v) is 17.4. The second-order valence-electron chi connectivity index (χ2n) is 13.5. The van der Waals surface area contributed by atoms with Gasteiger partial charge in [-0.2, -0.15) is 0 Å². The van der Waals surface area contributed by atoms with Crippen LogP contribution < -0.4 is 9.80 Å². The van der Waals surface area contributed by atoms with Gasteiger partial charge in [0.1, 0.15) is 0 Å². The standard InChI is InChI=1S/C48H40N2/c1-35-15-13-14-22-47(35)50(40-20-11-6-12-21-40)42-30-32-44-43-31-27-37(33-45(43)48(2,3)46(44)34-42)24-23-36-25-28-41(29-26-36)49(38-16-7-4-8-17-38)39-18-9-5-10-19-39/h4-34H,1-3H3. The summed E-state index contributed by atoms with van der Waals surface area (Å²) >= 11 is 0. The van der Waals surface area contributed by atoms with Gasteiger partial charge in [0.05, 0.1) is 0 Å². The third kappa shape index (κ3) is 5.80. The summed E-state index contributed by atoms with van der Waals surface area (Å²) in [6.45, 7) is 6.91. The minimum absolute atomic E-state index is 0.140. The lowest BCUT2D eigenvalue weighted by Crippen LogP contribution is -2.17. The lowest BCUT2D eigenvalue weighted by atomic mass is 9.81. The Kier molecular flexibility index (Phi) is 8.14. The highest BCUT2D eigenvalue weighted by Crippen LogP contribution is 2.51. The Labute approximate surface area is 296 Å². The quantitative estimate of drug-likeness (QED) is 0.152. The molecule has 1 aliphatic rings. The number of nitrogens with zero attached hydrogens (tertiary/aromatic N) is 2. The van der Waals surface area contributed by atoms with Gasteiger partial charge in [0.2, 0.25) is 0 Å². The first kappa shape index (κ1) is 31.2. The van der Waals surface area contributed by atoms with Gasteiger partial charge in [-0.15, -0.1) is 0 Å². The van der Waals surface area contributed by atoms with E-state index in [1.165, 1.54) is 50.3 Å². The highest BCUT2D eigenvalue weighted by Gasteiger charge is 2.36. The predicted octanol–water partition coefficient (Wildman–Crippen LogP) is 13.4. The van der Waals surface area contributed by atoms with Gasteiger partial charge in [-0.05, 0) is 113 Å². The number of aryl methyl sites for hydroxylation is 1. The number of rotatable bonds is 8. The summed E-state index contributed by atoms with van der Waals surface area (Å²) in [6.07, 6.45) is 4.45. The van der Waals surface area contributed by atoms with E-state index in [-0.39, 0.29) is 5.41 Å². The van der Waals surface area contributed by atoms with Crippen molar-refractivity contribution >= 4 is 46.3 Å². The van der Waals surface area contributed by atoms with Crippen molar-refractivity contribution in [1.82, 2.24) is 0 Å². The minimum atomic E-state index is -0.140. The second-order valence-corrected chi connectivity index (χ2v) is 13.5. The van der Waals surface area contributed by atoms with E-state index in [2.05, 4.69) is 219 Å². The molecule has 7 aromatic rings. The topological polar surface area (TPSA) is 6.48 Å². The molecule has 0 heterocycles. The van der Waals surface area contributed by atoms with Crippen LogP contribution >= 0.6 is 0 Å². The average Bonchev–Trinajstić information content (AvgIpc) is 3.38. The van der Waals surface area contributed by atoms with E-state index in [0.29, 0.717) is 0 Å². The predicted molar refractivity (Wildman–Crippen MR) is 213 cm³/mol. The molecule has 0 amide bonds. The summed E-state index contributed by atoms with van der Waals surface area (Å²) in [7, 11) is 0. The van der Waals surface area contributed by atoms with Crippen molar-refractivity contribution in [2.45, 2.75) is 26.2 Å². The summed E-state index contributed by atoms with van der Waals surface area (Å²) in [5.74, 6) is 0. The van der Waals surface area contributed by atoms with Crippen LogP contribution in [0, 0.1) is 6.92 Å². The Bertz CT molecular complexity index is 2250. The maximum absolute atomic E-state index is 2.40. The molecule has 0 spiro atoms. The van der Waals surface area contributed by atoms with Crippen molar-refractivity contribution < 1.29 is 0 Å². The fraction of sp³-hybridized carbons (Fsp3) is 0.0833. The molecule has 8 rings (SSSR count). The number of anilines is 6. The highest BCUT2D eigenvalue weighted by atomic mass is 15.1. The molecular formula is C48H40N2. The maximum Gasteiger partial charge on any atom is 0.0490 e. The fourth-order valence-corrected chi connectivity index (χ4v) is 7.33. The van der Waals surface area contributed by atoms with Crippen LogP contribution in [0.25, 0.3) is 23.3 Å². The lowest BCUT2D eigenvalue weighted by molar-refractivity contribution is 0.660. The molecule has 7 aromatic carbocycles. The first-order valence-electron chi connectivity index (χ1n) is 17.4. The first-order chi connectivity index (χ1) is 24.5. The zero-order valence-electron chi connectivity index (χ0n) is 28.8. The minimum Gasteiger partial charge on any atom is -0.311 e. The van der Waals surface area contributed by atoms with Crippen LogP contribution in [0.4, 0.5) is 34.1 Å².